The molecule has 2 N–H and O–H groups in total. The van der Waals surface area contributed by atoms with Crippen molar-refractivity contribution >= 4 is 17.4 Å². The van der Waals surface area contributed by atoms with Gasteiger partial charge in [0.2, 0.25) is 0 Å². The minimum atomic E-state index is -0.308. The lowest BCUT2D eigenvalue weighted by Gasteiger charge is -2.08. The highest BCUT2D eigenvalue weighted by atomic mass is 16.5. The molecule has 1 amide bonds. The van der Waals surface area contributed by atoms with Crippen LogP contribution < -0.4 is 15.4 Å². The van der Waals surface area contributed by atoms with E-state index < -0.39 is 0 Å². The van der Waals surface area contributed by atoms with Crippen molar-refractivity contribution in [3.63, 3.8) is 0 Å². The fourth-order valence-corrected chi connectivity index (χ4v) is 1.97. The van der Waals surface area contributed by atoms with Crippen molar-refractivity contribution in [2.24, 2.45) is 0 Å². The van der Waals surface area contributed by atoms with Crippen LogP contribution in [0.1, 0.15) is 23.8 Å². The predicted molar refractivity (Wildman–Crippen MR) is 92.6 cm³/mol. The van der Waals surface area contributed by atoms with E-state index in [2.05, 4.69) is 20.6 Å². The Bertz CT molecular complexity index is 629. The van der Waals surface area contributed by atoms with Gasteiger partial charge >= 0.3 is 0 Å². The summed E-state index contributed by atoms with van der Waals surface area (Å²) in [5, 5.41) is 5.89. The number of rotatable bonds is 9. The van der Waals surface area contributed by atoms with Crippen molar-refractivity contribution in [1.29, 1.82) is 0 Å². The molecule has 7 heteroatoms. The minimum absolute atomic E-state index is 0.256. The number of carbonyl (C=O) groups is 1. The molecule has 0 bridgehead atoms. The Hall–Kier alpha value is -2.67. The molecule has 0 atom stereocenters. The van der Waals surface area contributed by atoms with Crippen LogP contribution in [0.15, 0.2) is 36.7 Å². The number of aromatic nitrogens is 2. The normalized spacial score (nSPS) is 10.2. The van der Waals surface area contributed by atoms with Crippen LogP contribution >= 0.6 is 0 Å². The van der Waals surface area contributed by atoms with E-state index in [0.29, 0.717) is 24.7 Å². The van der Waals surface area contributed by atoms with Gasteiger partial charge in [0.15, 0.2) is 0 Å². The maximum absolute atomic E-state index is 12.2. The van der Waals surface area contributed by atoms with Gasteiger partial charge in [0.05, 0.1) is 19.0 Å². The number of methoxy groups -OCH3 is 1. The van der Waals surface area contributed by atoms with Crippen LogP contribution in [0.3, 0.4) is 0 Å². The molecule has 0 unspecified atom stereocenters. The van der Waals surface area contributed by atoms with Crippen molar-refractivity contribution in [2.45, 2.75) is 13.3 Å². The zero-order chi connectivity index (χ0) is 17.2. The molecule has 0 saturated heterocycles. The van der Waals surface area contributed by atoms with Gasteiger partial charge in [0.25, 0.3) is 5.91 Å². The quantitative estimate of drug-likeness (QED) is 0.687. The van der Waals surface area contributed by atoms with Gasteiger partial charge < -0.3 is 20.1 Å². The number of carbonyl (C=O) groups excluding carboxylic acids is 1. The summed E-state index contributed by atoms with van der Waals surface area (Å²) in [5.41, 5.74) is 0.929. The fraction of sp³-hybridized carbons (Fsp3) is 0.353. The van der Waals surface area contributed by atoms with Gasteiger partial charge in [-0.1, -0.05) is 0 Å². The third kappa shape index (κ3) is 5.51. The first-order valence-corrected chi connectivity index (χ1v) is 7.82. The topological polar surface area (TPSA) is 85.4 Å². The van der Waals surface area contributed by atoms with Crippen LogP contribution in [-0.4, -0.2) is 42.7 Å². The summed E-state index contributed by atoms with van der Waals surface area (Å²) >= 11 is 0. The van der Waals surface area contributed by atoms with Gasteiger partial charge in [-0.05, 0) is 37.6 Å². The van der Waals surface area contributed by atoms with Crippen molar-refractivity contribution < 1.29 is 14.3 Å². The second kappa shape index (κ2) is 9.46. The van der Waals surface area contributed by atoms with E-state index in [1.807, 2.05) is 6.92 Å². The molecule has 128 valence electrons. The van der Waals surface area contributed by atoms with E-state index >= 15 is 0 Å². The van der Waals surface area contributed by atoms with Gasteiger partial charge in [-0.2, -0.15) is 0 Å². The summed E-state index contributed by atoms with van der Waals surface area (Å²) in [4.78, 5) is 20.5. The molecule has 2 aromatic rings. The minimum Gasteiger partial charge on any atom is -0.494 e. The van der Waals surface area contributed by atoms with Gasteiger partial charge in [0.1, 0.15) is 17.3 Å². The first-order valence-electron chi connectivity index (χ1n) is 7.82. The lowest BCUT2D eigenvalue weighted by molar-refractivity contribution is 0.102. The summed E-state index contributed by atoms with van der Waals surface area (Å²) in [6.45, 7) is 3.95. The molecule has 2 rings (SSSR count). The number of amides is 1. The molecule has 0 saturated carbocycles. The third-order valence-corrected chi connectivity index (χ3v) is 3.14. The molecule has 7 nitrogen and oxygen atoms in total. The van der Waals surface area contributed by atoms with Gasteiger partial charge in [-0.15, -0.1) is 0 Å². The molecule has 0 spiro atoms. The summed E-state index contributed by atoms with van der Waals surface area (Å²) in [6.07, 6.45) is 3.86. The Labute approximate surface area is 141 Å². The number of nitrogens with one attached hydrogen (secondary N) is 2. The number of hydrogen-bond donors (Lipinski definition) is 2. The fourth-order valence-electron chi connectivity index (χ4n) is 1.97. The highest BCUT2D eigenvalue weighted by molar-refractivity contribution is 6.02. The first kappa shape index (κ1) is 17.7. The molecule has 0 fully saturated rings. The maximum atomic E-state index is 12.2. The lowest BCUT2D eigenvalue weighted by atomic mass is 10.3. The van der Waals surface area contributed by atoms with Crippen LogP contribution in [0.25, 0.3) is 0 Å². The van der Waals surface area contributed by atoms with E-state index in [-0.39, 0.29) is 11.6 Å². The molecule has 0 aliphatic heterocycles. The molecule has 24 heavy (non-hydrogen) atoms. The van der Waals surface area contributed by atoms with Crippen LogP contribution in [0.2, 0.25) is 0 Å². The summed E-state index contributed by atoms with van der Waals surface area (Å²) in [6, 6.07) is 7.17. The number of hydrogen-bond acceptors (Lipinski definition) is 6. The summed E-state index contributed by atoms with van der Waals surface area (Å²) in [7, 11) is 1.66. The Morgan fingerprint density at radius 2 is 1.96 bits per heavy atom. The number of ether oxygens (including phenoxy) is 2. The average molecular weight is 330 g/mol. The zero-order valence-corrected chi connectivity index (χ0v) is 13.9. The largest absolute Gasteiger partial charge is 0.494 e. The van der Waals surface area contributed by atoms with Gasteiger partial charge in [0, 0.05) is 25.9 Å². The van der Waals surface area contributed by atoms with Crippen molar-refractivity contribution in [1.82, 2.24) is 9.97 Å². The van der Waals surface area contributed by atoms with E-state index in [4.69, 9.17) is 9.47 Å². The van der Waals surface area contributed by atoms with Crippen molar-refractivity contribution in [3.05, 3.63) is 42.4 Å². The van der Waals surface area contributed by atoms with Crippen LogP contribution in [0, 0.1) is 0 Å². The molecule has 1 aromatic heterocycles. The van der Waals surface area contributed by atoms with Crippen LogP contribution in [0.4, 0.5) is 11.5 Å². The number of benzene rings is 1. The summed E-state index contributed by atoms with van der Waals surface area (Å²) in [5.74, 6) is 1.08. The second-order valence-electron chi connectivity index (χ2n) is 4.97. The standard InChI is InChI=1S/C17H22N4O3/c1-3-24-14-7-5-13(6-8-14)21-17(22)15-11-20-16(12-19-15)18-9-4-10-23-2/h5-8,11-12H,3-4,9-10H2,1-2H3,(H,18,20)(H,21,22). The highest BCUT2D eigenvalue weighted by Crippen LogP contribution is 2.16. The Kier molecular flexibility index (Phi) is 6.97. The smallest absolute Gasteiger partial charge is 0.275 e. The van der Waals surface area contributed by atoms with E-state index in [0.717, 1.165) is 18.7 Å². The van der Waals surface area contributed by atoms with Crippen LogP contribution in [-0.2, 0) is 4.74 Å². The summed E-state index contributed by atoms with van der Waals surface area (Å²) < 4.78 is 10.3. The Morgan fingerprint density at radius 3 is 2.58 bits per heavy atom. The number of anilines is 2. The maximum Gasteiger partial charge on any atom is 0.275 e. The first-order chi connectivity index (χ1) is 11.7. The second-order valence-corrected chi connectivity index (χ2v) is 4.97. The molecular formula is C17H22N4O3. The lowest BCUT2D eigenvalue weighted by Crippen LogP contribution is -2.14. The number of nitrogens with zero attached hydrogens (tertiary/aromatic N) is 2. The molecule has 0 aliphatic carbocycles. The molecule has 1 heterocycles. The highest BCUT2D eigenvalue weighted by Gasteiger charge is 2.08. The SMILES string of the molecule is CCOc1ccc(NC(=O)c2cnc(NCCCOC)cn2)cc1. The van der Waals surface area contributed by atoms with Gasteiger partial charge in [-0.25, -0.2) is 9.97 Å². The third-order valence-electron chi connectivity index (χ3n) is 3.14. The van der Waals surface area contributed by atoms with Gasteiger partial charge in [-0.3, -0.25) is 4.79 Å². The van der Waals surface area contributed by atoms with E-state index in [9.17, 15) is 4.79 Å². The Morgan fingerprint density at radius 1 is 1.17 bits per heavy atom. The zero-order valence-electron chi connectivity index (χ0n) is 13.9. The molecule has 0 aliphatic rings. The van der Waals surface area contributed by atoms with E-state index in [1.165, 1.54) is 6.20 Å². The van der Waals surface area contributed by atoms with Crippen molar-refractivity contribution in [3.8, 4) is 5.75 Å². The monoisotopic (exact) mass is 330 g/mol. The molecular weight excluding hydrogens is 308 g/mol. The van der Waals surface area contributed by atoms with E-state index in [1.54, 1.807) is 37.6 Å². The average Bonchev–Trinajstić information content (AvgIpc) is 2.61. The Balaban J connectivity index is 1.87. The molecule has 1 aromatic carbocycles. The van der Waals surface area contributed by atoms with Crippen molar-refractivity contribution in [2.75, 3.05) is 37.5 Å². The predicted octanol–water partition coefficient (Wildman–Crippen LogP) is 2.58. The molecule has 0 radical (unpaired) electrons. The van der Waals surface area contributed by atoms with Crippen LogP contribution in [0.5, 0.6) is 5.75 Å².